The van der Waals surface area contributed by atoms with E-state index in [1.807, 2.05) is 0 Å². The van der Waals surface area contributed by atoms with Crippen molar-refractivity contribution in [2.24, 2.45) is 5.73 Å². The van der Waals surface area contributed by atoms with Gasteiger partial charge < -0.3 is 31.3 Å². The van der Waals surface area contributed by atoms with E-state index in [0.29, 0.717) is 6.92 Å². The second-order valence-electron chi connectivity index (χ2n) is 3.54. The van der Waals surface area contributed by atoms with E-state index in [4.69, 9.17) is 25.5 Å². The predicted octanol–water partition coefficient (Wildman–Crippen LogP) is -1.86. The largest absolute Gasteiger partial charge is 0.479 e. The zero-order chi connectivity index (χ0) is 16.0. The Bertz CT molecular complexity index is 300. The van der Waals surface area contributed by atoms with Crippen LogP contribution in [-0.4, -0.2) is 68.0 Å². The fourth-order valence-corrected chi connectivity index (χ4v) is 0.386. The van der Waals surface area contributed by atoms with Crippen molar-refractivity contribution < 1.29 is 48.3 Å². The highest BCUT2D eigenvalue weighted by Gasteiger charge is 2.48. The molecule has 0 saturated heterocycles. The van der Waals surface area contributed by atoms with Crippen LogP contribution < -0.4 is 5.73 Å². The Labute approximate surface area is 104 Å². The molecule has 0 amide bonds. The van der Waals surface area contributed by atoms with Gasteiger partial charge in [0.2, 0.25) is 0 Å². The van der Waals surface area contributed by atoms with Crippen LogP contribution in [0.25, 0.3) is 0 Å². The summed E-state index contributed by atoms with van der Waals surface area (Å²) in [6, 6.07) is 0. The van der Waals surface area contributed by atoms with Crippen molar-refractivity contribution in [3.8, 4) is 0 Å². The summed E-state index contributed by atoms with van der Waals surface area (Å²) in [6.07, 6.45) is -9.16. The first-order valence-corrected chi connectivity index (χ1v) is 4.58. The van der Waals surface area contributed by atoms with E-state index < -0.39 is 42.5 Å². The minimum Gasteiger partial charge on any atom is -0.479 e. The standard InChI is InChI=1S/C4H8F3NO.C4H6O6/c1-3(9,2-8)4(5,6)7;5-1(3(7)8)2(6)4(9)10/h9H,2,8H2,1H3;1-2,5-6H,(H,7,8)(H,9,10)/t3-;1-,2-/m01/s1. The molecule has 0 radical (unpaired) electrons. The Kier molecular flexibility index (Phi) is 7.57. The highest BCUT2D eigenvalue weighted by atomic mass is 19.4. The number of rotatable bonds is 4. The molecule has 7 N–H and O–H groups in total. The van der Waals surface area contributed by atoms with Crippen molar-refractivity contribution in [2.75, 3.05) is 6.54 Å². The van der Waals surface area contributed by atoms with E-state index in [-0.39, 0.29) is 0 Å². The molecule has 0 aliphatic rings. The molecule has 0 aliphatic carbocycles. The monoisotopic (exact) mass is 293 g/mol. The zero-order valence-corrected chi connectivity index (χ0v) is 9.63. The summed E-state index contributed by atoms with van der Waals surface area (Å²) >= 11 is 0. The molecular weight excluding hydrogens is 279 g/mol. The molecule has 0 fully saturated rings. The molecule has 3 atom stereocenters. The second kappa shape index (κ2) is 7.23. The third kappa shape index (κ3) is 6.91. The van der Waals surface area contributed by atoms with E-state index in [0.717, 1.165) is 0 Å². The van der Waals surface area contributed by atoms with E-state index in [1.165, 1.54) is 0 Å². The van der Waals surface area contributed by atoms with Crippen LogP contribution in [0.1, 0.15) is 6.92 Å². The maximum Gasteiger partial charge on any atom is 0.418 e. The fourth-order valence-electron chi connectivity index (χ4n) is 0.386. The zero-order valence-electron chi connectivity index (χ0n) is 9.63. The first kappa shape index (κ1) is 19.9. The minimum atomic E-state index is -4.62. The third-order valence-electron chi connectivity index (χ3n) is 1.81. The molecule has 8 nitrogen and oxygen atoms in total. The summed E-state index contributed by atoms with van der Waals surface area (Å²) < 4.78 is 34.5. The molecule has 0 bridgehead atoms. The van der Waals surface area contributed by atoms with Gasteiger partial charge in [0.15, 0.2) is 17.8 Å². The first-order valence-electron chi connectivity index (χ1n) is 4.58. The summed E-state index contributed by atoms with van der Waals surface area (Å²) in [5.41, 5.74) is 1.88. The summed E-state index contributed by atoms with van der Waals surface area (Å²) in [6.45, 7) is -0.177. The SMILES string of the molecule is C[C@](O)(CN)C(F)(F)F.O=C(O)[C@H](O)[C@@H](O)C(=O)O. The van der Waals surface area contributed by atoms with Crippen molar-refractivity contribution in [1.29, 1.82) is 0 Å². The molecule has 0 aliphatic heterocycles. The fraction of sp³-hybridized carbons (Fsp3) is 0.750. The van der Waals surface area contributed by atoms with Crippen molar-refractivity contribution in [2.45, 2.75) is 30.9 Å². The highest BCUT2D eigenvalue weighted by molar-refractivity contribution is 5.83. The van der Waals surface area contributed by atoms with Crippen LogP contribution >= 0.6 is 0 Å². The Hall–Kier alpha value is -1.43. The van der Waals surface area contributed by atoms with Crippen molar-refractivity contribution >= 4 is 11.9 Å². The number of aliphatic hydroxyl groups is 3. The Morgan fingerprint density at radius 1 is 1.11 bits per heavy atom. The number of carboxylic acids is 2. The molecule has 0 spiro atoms. The maximum absolute atomic E-state index is 11.5. The molecule has 0 heterocycles. The van der Waals surface area contributed by atoms with E-state index >= 15 is 0 Å². The Morgan fingerprint density at radius 2 is 1.37 bits per heavy atom. The molecule has 114 valence electrons. The van der Waals surface area contributed by atoms with Gasteiger partial charge in [0.05, 0.1) is 0 Å². The van der Waals surface area contributed by atoms with Gasteiger partial charge in [-0.15, -0.1) is 0 Å². The molecule has 0 saturated carbocycles. The number of carbonyl (C=O) groups is 2. The quantitative estimate of drug-likeness (QED) is 0.351. The van der Waals surface area contributed by atoms with Crippen LogP contribution in [0.4, 0.5) is 13.2 Å². The van der Waals surface area contributed by atoms with Gasteiger partial charge in [-0.3, -0.25) is 0 Å². The number of halogens is 3. The molecule has 0 unspecified atom stereocenters. The molecule has 0 aromatic heterocycles. The summed E-state index contributed by atoms with van der Waals surface area (Å²) in [7, 11) is 0. The van der Waals surface area contributed by atoms with Crippen LogP contribution in [0.15, 0.2) is 0 Å². The average Bonchev–Trinajstić information content (AvgIpc) is 2.26. The van der Waals surface area contributed by atoms with E-state index in [2.05, 4.69) is 5.73 Å². The lowest BCUT2D eigenvalue weighted by Gasteiger charge is -2.23. The molecule has 0 aromatic carbocycles. The van der Waals surface area contributed by atoms with Gasteiger partial charge in [-0.05, 0) is 6.92 Å². The predicted molar refractivity (Wildman–Crippen MR) is 53.0 cm³/mol. The smallest absolute Gasteiger partial charge is 0.418 e. The lowest BCUT2D eigenvalue weighted by atomic mass is 10.1. The van der Waals surface area contributed by atoms with Crippen LogP contribution in [0, 0.1) is 0 Å². The number of hydrogen-bond acceptors (Lipinski definition) is 6. The summed E-state index contributed by atoms with van der Waals surface area (Å²) in [5.74, 6) is -3.54. The molecule has 0 aromatic rings. The Balaban J connectivity index is 0. The van der Waals surface area contributed by atoms with Crippen molar-refractivity contribution in [3.05, 3.63) is 0 Å². The number of hydrogen-bond donors (Lipinski definition) is 6. The van der Waals surface area contributed by atoms with Gasteiger partial charge in [-0.1, -0.05) is 0 Å². The summed E-state index contributed by atoms with van der Waals surface area (Å²) in [4.78, 5) is 19.5. The van der Waals surface area contributed by atoms with Gasteiger partial charge >= 0.3 is 18.1 Å². The Morgan fingerprint density at radius 3 is 1.42 bits per heavy atom. The number of aliphatic carboxylic acids is 2. The van der Waals surface area contributed by atoms with Gasteiger partial charge in [0.25, 0.3) is 0 Å². The lowest BCUT2D eigenvalue weighted by Crippen LogP contribution is -2.48. The molecule has 0 rings (SSSR count). The average molecular weight is 293 g/mol. The van der Waals surface area contributed by atoms with E-state index in [1.54, 1.807) is 0 Å². The van der Waals surface area contributed by atoms with E-state index in [9.17, 15) is 22.8 Å². The van der Waals surface area contributed by atoms with Gasteiger partial charge in [0, 0.05) is 6.54 Å². The van der Waals surface area contributed by atoms with Gasteiger partial charge in [-0.25, -0.2) is 9.59 Å². The van der Waals surface area contributed by atoms with Crippen LogP contribution in [0.2, 0.25) is 0 Å². The molecular formula is C8H14F3NO7. The topological polar surface area (TPSA) is 161 Å². The number of nitrogens with two attached hydrogens (primary N) is 1. The number of alkyl halides is 3. The third-order valence-corrected chi connectivity index (χ3v) is 1.81. The van der Waals surface area contributed by atoms with Crippen LogP contribution in [-0.2, 0) is 9.59 Å². The molecule has 11 heteroatoms. The minimum absolute atomic E-state index is 0.632. The van der Waals surface area contributed by atoms with Crippen LogP contribution in [0.3, 0.4) is 0 Å². The lowest BCUT2D eigenvalue weighted by molar-refractivity contribution is -0.248. The normalized spacial score (nSPS) is 17.5. The maximum atomic E-state index is 11.5. The number of carboxylic acid groups (broad SMARTS) is 2. The summed E-state index contributed by atoms with van der Waals surface area (Å²) in [5, 5.41) is 40.9. The second-order valence-corrected chi connectivity index (χ2v) is 3.54. The molecule has 19 heavy (non-hydrogen) atoms. The highest BCUT2D eigenvalue weighted by Crippen LogP contribution is 2.28. The van der Waals surface area contributed by atoms with Crippen molar-refractivity contribution in [1.82, 2.24) is 0 Å². The first-order chi connectivity index (χ1) is 8.27. The van der Waals surface area contributed by atoms with Gasteiger partial charge in [-0.2, -0.15) is 13.2 Å². The van der Waals surface area contributed by atoms with Gasteiger partial charge in [0.1, 0.15) is 0 Å². The number of aliphatic hydroxyl groups excluding tert-OH is 2. The van der Waals surface area contributed by atoms with Crippen LogP contribution in [0.5, 0.6) is 0 Å². The van der Waals surface area contributed by atoms with Crippen molar-refractivity contribution in [3.63, 3.8) is 0 Å².